The van der Waals surface area contributed by atoms with E-state index in [9.17, 15) is 5.11 Å². The standard InChI is InChI=1S/C14H27NO2/c1-2-15-14(10-16,12-8-9-12)11-17-13-6-4-3-5-7-13/h12-13,15-16H,2-11H2,1H3. The molecule has 100 valence electrons. The maximum Gasteiger partial charge on any atom is 0.0679 e. The topological polar surface area (TPSA) is 41.5 Å². The Hall–Kier alpha value is -0.120. The summed E-state index contributed by atoms with van der Waals surface area (Å²) in [5, 5.41) is 13.2. The lowest BCUT2D eigenvalue weighted by Gasteiger charge is -2.35. The van der Waals surface area contributed by atoms with Crippen LogP contribution in [-0.2, 0) is 4.74 Å². The minimum absolute atomic E-state index is 0.161. The summed E-state index contributed by atoms with van der Waals surface area (Å²) < 4.78 is 6.07. The summed E-state index contributed by atoms with van der Waals surface area (Å²) in [5.74, 6) is 0.621. The molecule has 0 aromatic heterocycles. The third-order valence-electron chi connectivity index (χ3n) is 4.30. The Bertz CT molecular complexity index is 224. The number of likely N-dealkylation sites (N-methyl/N-ethyl adjacent to an activating group) is 1. The molecular formula is C14H27NO2. The van der Waals surface area contributed by atoms with Gasteiger partial charge in [-0.15, -0.1) is 0 Å². The van der Waals surface area contributed by atoms with E-state index in [1.54, 1.807) is 0 Å². The van der Waals surface area contributed by atoms with Gasteiger partial charge in [0.2, 0.25) is 0 Å². The van der Waals surface area contributed by atoms with Crippen LogP contribution < -0.4 is 5.32 Å². The average molecular weight is 241 g/mol. The van der Waals surface area contributed by atoms with Crippen LogP contribution in [0.25, 0.3) is 0 Å². The second kappa shape index (κ2) is 6.17. The minimum Gasteiger partial charge on any atom is -0.394 e. The van der Waals surface area contributed by atoms with Crippen molar-refractivity contribution in [3.63, 3.8) is 0 Å². The van der Waals surface area contributed by atoms with Crippen LogP contribution in [-0.4, -0.2) is 36.5 Å². The SMILES string of the molecule is CCNC(CO)(COC1CCCCC1)C1CC1. The van der Waals surface area contributed by atoms with Gasteiger partial charge in [-0.25, -0.2) is 0 Å². The molecule has 1 unspecified atom stereocenters. The van der Waals surface area contributed by atoms with Gasteiger partial charge in [0.25, 0.3) is 0 Å². The Balaban J connectivity index is 1.83. The van der Waals surface area contributed by atoms with E-state index < -0.39 is 0 Å². The summed E-state index contributed by atoms with van der Waals surface area (Å²) in [7, 11) is 0. The zero-order valence-electron chi connectivity index (χ0n) is 11.1. The smallest absolute Gasteiger partial charge is 0.0679 e. The van der Waals surface area contributed by atoms with Gasteiger partial charge in [0, 0.05) is 0 Å². The van der Waals surface area contributed by atoms with E-state index in [1.807, 2.05) is 0 Å². The molecule has 2 aliphatic rings. The van der Waals surface area contributed by atoms with E-state index >= 15 is 0 Å². The summed E-state index contributed by atoms with van der Waals surface area (Å²) in [6.07, 6.45) is 9.30. The fourth-order valence-electron chi connectivity index (χ4n) is 3.03. The number of hydrogen-bond acceptors (Lipinski definition) is 3. The lowest BCUT2D eigenvalue weighted by molar-refractivity contribution is -0.0309. The normalized spacial score (nSPS) is 25.8. The lowest BCUT2D eigenvalue weighted by atomic mass is 9.94. The van der Waals surface area contributed by atoms with Crippen molar-refractivity contribution in [3.8, 4) is 0 Å². The minimum atomic E-state index is -0.161. The van der Waals surface area contributed by atoms with Crippen LogP contribution in [0.1, 0.15) is 51.9 Å². The number of rotatable bonds is 7. The zero-order chi connectivity index (χ0) is 12.1. The Kier molecular flexibility index (Phi) is 4.83. The largest absolute Gasteiger partial charge is 0.394 e. The van der Waals surface area contributed by atoms with Crippen molar-refractivity contribution >= 4 is 0 Å². The monoisotopic (exact) mass is 241 g/mol. The summed E-state index contributed by atoms with van der Waals surface area (Å²) >= 11 is 0. The molecule has 0 bridgehead atoms. The van der Waals surface area contributed by atoms with Gasteiger partial charge in [-0.3, -0.25) is 0 Å². The van der Waals surface area contributed by atoms with Gasteiger partial charge in [0.05, 0.1) is 24.9 Å². The maximum absolute atomic E-state index is 9.71. The zero-order valence-corrected chi connectivity index (χ0v) is 11.1. The Morgan fingerprint density at radius 1 is 1.18 bits per heavy atom. The molecule has 0 aromatic carbocycles. The number of nitrogens with one attached hydrogen (secondary N) is 1. The van der Waals surface area contributed by atoms with Crippen molar-refractivity contribution in [3.05, 3.63) is 0 Å². The molecular weight excluding hydrogens is 214 g/mol. The quantitative estimate of drug-likeness (QED) is 0.717. The summed E-state index contributed by atoms with van der Waals surface area (Å²) in [6, 6.07) is 0. The van der Waals surface area contributed by atoms with E-state index in [-0.39, 0.29) is 12.1 Å². The van der Waals surface area contributed by atoms with Crippen molar-refractivity contribution in [2.75, 3.05) is 19.8 Å². The first-order valence-electron chi connectivity index (χ1n) is 7.28. The molecule has 0 saturated heterocycles. The molecule has 1 atom stereocenters. The van der Waals surface area contributed by atoms with Gasteiger partial charge in [-0.05, 0) is 38.1 Å². The highest BCUT2D eigenvalue weighted by Crippen LogP contribution is 2.40. The highest BCUT2D eigenvalue weighted by atomic mass is 16.5. The average Bonchev–Trinajstić information content (AvgIpc) is 3.20. The van der Waals surface area contributed by atoms with E-state index in [0.29, 0.717) is 18.6 Å². The first-order valence-corrected chi connectivity index (χ1v) is 7.28. The number of ether oxygens (including phenoxy) is 1. The molecule has 2 rings (SSSR count). The highest BCUT2D eigenvalue weighted by molar-refractivity contribution is 5.01. The molecule has 2 fully saturated rings. The van der Waals surface area contributed by atoms with Gasteiger partial charge in [-0.2, -0.15) is 0 Å². The Labute approximate surface area is 105 Å². The van der Waals surface area contributed by atoms with Crippen LogP contribution in [0.5, 0.6) is 0 Å². The lowest BCUT2D eigenvalue weighted by Crippen LogP contribution is -2.54. The summed E-state index contributed by atoms with van der Waals surface area (Å²) in [4.78, 5) is 0. The van der Waals surface area contributed by atoms with Crippen LogP contribution in [0.3, 0.4) is 0 Å². The molecule has 3 heteroatoms. The molecule has 2 N–H and O–H groups in total. The fourth-order valence-corrected chi connectivity index (χ4v) is 3.03. The predicted molar refractivity (Wildman–Crippen MR) is 69.0 cm³/mol. The molecule has 17 heavy (non-hydrogen) atoms. The second-order valence-corrected chi connectivity index (χ2v) is 5.69. The molecule has 0 spiro atoms. The van der Waals surface area contributed by atoms with E-state index in [1.165, 1.54) is 44.9 Å². The highest BCUT2D eigenvalue weighted by Gasteiger charge is 2.44. The van der Waals surface area contributed by atoms with Gasteiger partial charge in [-0.1, -0.05) is 26.2 Å². The molecule has 0 heterocycles. The molecule has 0 amide bonds. The first kappa shape index (κ1) is 13.3. The molecule has 2 aliphatic carbocycles. The second-order valence-electron chi connectivity index (χ2n) is 5.69. The van der Waals surface area contributed by atoms with Crippen molar-refractivity contribution in [2.45, 2.75) is 63.5 Å². The van der Waals surface area contributed by atoms with Crippen LogP contribution >= 0.6 is 0 Å². The van der Waals surface area contributed by atoms with Gasteiger partial charge < -0.3 is 15.2 Å². The molecule has 0 radical (unpaired) electrons. The number of aliphatic hydroxyl groups excluding tert-OH is 1. The van der Waals surface area contributed by atoms with Crippen LogP contribution in [0.15, 0.2) is 0 Å². The van der Waals surface area contributed by atoms with Crippen LogP contribution in [0.2, 0.25) is 0 Å². The number of hydrogen-bond donors (Lipinski definition) is 2. The third-order valence-corrected chi connectivity index (χ3v) is 4.30. The van der Waals surface area contributed by atoms with Gasteiger partial charge in [0.15, 0.2) is 0 Å². The third kappa shape index (κ3) is 3.43. The van der Waals surface area contributed by atoms with E-state index in [0.717, 1.165) is 6.54 Å². The predicted octanol–water partition coefficient (Wildman–Crippen LogP) is 2.09. The van der Waals surface area contributed by atoms with Crippen LogP contribution in [0, 0.1) is 5.92 Å². The van der Waals surface area contributed by atoms with E-state index in [2.05, 4.69) is 12.2 Å². The Morgan fingerprint density at radius 2 is 1.88 bits per heavy atom. The maximum atomic E-state index is 9.71. The van der Waals surface area contributed by atoms with Gasteiger partial charge in [0.1, 0.15) is 0 Å². The van der Waals surface area contributed by atoms with Gasteiger partial charge >= 0.3 is 0 Å². The van der Waals surface area contributed by atoms with Crippen LogP contribution in [0.4, 0.5) is 0 Å². The summed E-state index contributed by atoms with van der Waals surface area (Å²) in [5.41, 5.74) is -0.161. The van der Waals surface area contributed by atoms with Crippen molar-refractivity contribution in [1.82, 2.24) is 5.32 Å². The summed E-state index contributed by atoms with van der Waals surface area (Å²) in [6.45, 7) is 3.91. The van der Waals surface area contributed by atoms with Crippen molar-refractivity contribution < 1.29 is 9.84 Å². The molecule has 2 saturated carbocycles. The molecule has 3 nitrogen and oxygen atoms in total. The molecule has 0 aromatic rings. The van der Waals surface area contributed by atoms with E-state index in [4.69, 9.17) is 4.74 Å². The van der Waals surface area contributed by atoms with Crippen molar-refractivity contribution in [1.29, 1.82) is 0 Å². The fraction of sp³-hybridized carbons (Fsp3) is 1.00. The molecule has 0 aliphatic heterocycles. The Morgan fingerprint density at radius 3 is 2.41 bits per heavy atom. The number of aliphatic hydroxyl groups is 1. The first-order chi connectivity index (χ1) is 8.30. The van der Waals surface area contributed by atoms with Crippen molar-refractivity contribution in [2.24, 2.45) is 5.92 Å².